The summed E-state index contributed by atoms with van der Waals surface area (Å²) in [6, 6.07) is 14.2. The van der Waals surface area contributed by atoms with Gasteiger partial charge in [-0.1, -0.05) is 30.3 Å². The van der Waals surface area contributed by atoms with Gasteiger partial charge in [0.2, 0.25) is 0 Å². The molecule has 0 heterocycles. The van der Waals surface area contributed by atoms with Gasteiger partial charge < -0.3 is 0 Å². The van der Waals surface area contributed by atoms with E-state index in [0.717, 1.165) is 11.1 Å². The fourth-order valence-electron chi connectivity index (χ4n) is 1.78. The first-order valence-corrected chi connectivity index (χ1v) is 7.12. The van der Waals surface area contributed by atoms with Crippen LogP contribution in [-0.4, -0.2) is 8.42 Å². The summed E-state index contributed by atoms with van der Waals surface area (Å²) in [6.45, 7) is 3.70. The number of nitrogens with one attached hydrogen (secondary N) is 1. The van der Waals surface area contributed by atoms with Crippen molar-refractivity contribution in [2.24, 2.45) is 0 Å². The zero-order valence-electron chi connectivity index (χ0n) is 10.3. The molecule has 18 heavy (non-hydrogen) atoms. The molecule has 3 nitrogen and oxygen atoms in total. The van der Waals surface area contributed by atoms with E-state index in [1.54, 1.807) is 37.3 Å². The first kappa shape index (κ1) is 12.6. The highest BCUT2D eigenvalue weighted by Gasteiger charge is 2.15. The molecule has 0 bridgehead atoms. The fraction of sp³-hybridized carbons (Fsp3) is 0.143. The van der Waals surface area contributed by atoms with Crippen molar-refractivity contribution in [2.75, 3.05) is 4.72 Å². The van der Waals surface area contributed by atoms with E-state index in [1.165, 1.54) is 0 Å². The SMILES string of the molecule is Cc1cccc(NS(=O)(=O)c2ccccc2C)c1. The molecule has 0 spiro atoms. The number of anilines is 1. The number of hydrogen-bond acceptors (Lipinski definition) is 2. The fourth-order valence-corrected chi connectivity index (χ4v) is 3.07. The molecular weight excluding hydrogens is 246 g/mol. The summed E-state index contributed by atoms with van der Waals surface area (Å²) in [4.78, 5) is 0.312. The summed E-state index contributed by atoms with van der Waals surface area (Å²) in [6.07, 6.45) is 0. The van der Waals surface area contributed by atoms with Crippen LogP contribution in [-0.2, 0) is 10.0 Å². The van der Waals surface area contributed by atoms with E-state index in [4.69, 9.17) is 0 Å². The lowest BCUT2D eigenvalue weighted by molar-refractivity contribution is 0.600. The zero-order chi connectivity index (χ0) is 13.2. The molecule has 0 unspecified atom stereocenters. The van der Waals surface area contributed by atoms with E-state index >= 15 is 0 Å². The Hall–Kier alpha value is -1.81. The van der Waals surface area contributed by atoms with Crippen molar-refractivity contribution in [3.63, 3.8) is 0 Å². The molecule has 2 rings (SSSR count). The van der Waals surface area contributed by atoms with E-state index in [2.05, 4.69) is 4.72 Å². The minimum absolute atomic E-state index is 0.312. The molecule has 2 aromatic carbocycles. The van der Waals surface area contributed by atoms with Crippen molar-refractivity contribution in [1.29, 1.82) is 0 Å². The van der Waals surface area contributed by atoms with Gasteiger partial charge in [0.15, 0.2) is 0 Å². The number of hydrogen-bond donors (Lipinski definition) is 1. The Morgan fingerprint density at radius 3 is 2.33 bits per heavy atom. The maximum Gasteiger partial charge on any atom is 0.262 e. The third-order valence-corrected chi connectivity index (χ3v) is 4.19. The number of sulfonamides is 1. The molecule has 94 valence electrons. The Morgan fingerprint density at radius 2 is 1.67 bits per heavy atom. The molecule has 0 atom stereocenters. The first-order chi connectivity index (χ1) is 8.49. The van der Waals surface area contributed by atoms with Crippen LogP contribution in [0.3, 0.4) is 0 Å². The van der Waals surface area contributed by atoms with Crippen LogP contribution in [0.25, 0.3) is 0 Å². The lowest BCUT2D eigenvalue weighted by Gasteiger charge is -2.10. The smallest absolute Gasteiger partial charge is 0.262 e. The largest absolute Gasteiger partial charge is 0.280 e. The standard InChI is InChI=1S/C14H15NO2S/c1-11-6-5-8-13(10-11)15-18(16,17)14-9-4-3-7-12(14)2/h3-10,15H,1-2H3. The van der Waals surface area contributed by atoms with Gasteiger partial charge >= 0.3 is 0 Å². The van der Waals surface area contributed by atoms with Gasteiger partial charge in [-0.2, -0.15) is 0 Å². The van der Waals surface area contributed by atoms with Crippen LogP contribution in [0, 0.1) is 13.8 Å². The highest BCUT2D eigenvalue weighted by molar-refractivity contribution is 7.92. The average Bonchev–Trinajstić information content (AvgIpc) is 2.28. The van der Waals surface area contributed by atoms with Crippen LogP contribution >= 0.6 is 0 Å². The quantitative estimate of drug-likeness (QED) is 0.922. The van der Waals surface area contributed by atoms with Crippen LogP contribution < -0.4 is 4.72 Å². The predicted octanol–water partition coefficient (Wildman–Crippen LogP) is 3.10. The molecule has 0 aliphatic carbocycles. The topological polar surface area (TPSA) is 46.2 Å². The second kappa shape index (κ2) is 4.82. The van der Waals surface area contributed by atoms with Gasteiger partial charge in [-0.3, -0.25) is 4.72 Å². The van der Waals surface area contributed by atoms with Crippen molar-refractivity contribution < 1.29 is 8.42 Å². The second-order valence-corrected chi connectivity index (χ2v) is 5.89. The molecule has 0 aromatic heterocycles. The normalized spacial score (nSPS) is 11.2. The maximum absolute atomic E-state index is 12.2. The van der Waals surface area contributed by atoms with Gasteiger partial charge in [0.05, 0.1) is 4.90 Å². The van der Waals surface area contributed by atoms with Crippen LogP contribution in [0.5, 0.6) is 0 Å². The molecule has 4 heteroatoms. The van der Waals surface area contributed by atoms with E-state index in [9.17, 15) is 8.42 Å². The third-order valence-electron chi connectivity index (χ3n) is 2.65. The molecule has 1 N–H and O–H groups in total. The van der Waals surface area contributed by atoms with Gasteiger partial charge in [0, 0.05) is 5.69 Å². The lowest BCUT2D eigenvalue weighted by atomic mass is 10.2. The molecule has 0 saturated carbocycles. The first-order valence-electron chi connectivity index (χ1n) is 5.64. The maximum atomic E-state index is 12.2. The Bertz CT molecular complexity index is 663. The van der Waals surface area contributed by atoms with Crippen molar-refractivity contribution in [3.05, 3.63) is 59.7 Å². The van der Waals surface area contributed by atoms with Crippen LogP contribution in [0.2, 0.25) is 0 Å². The lowest BCUT2D eigenvalue weighted by Crippen LogP contribution is -2.14. The van der Waals surface area contributed by atoms with Crippen molar-refractivity contribution in [1.82, 2.24) is 0 Å². The van der Waals surface area contributed by atoms with Crippen LogP contribution in [0.1, 0.15) is 11.1 Å². The van der Waals surface area contributed by atoms with Gasteiger partial charge in [-0.25, -0.2) is 8.42 Å². The molecule has 0 aliphatic rings. The van der Waals surface area contributed by atoms with E-state index in [1.807, 2.05) is 25.1 Å². The van der Waals surface area contributed by atoms with Gasteiger partial charge in [0.1, 0.15) is 0 Å². The zero-order valence-corrected chi connectivity index (χ0v) is 11.2. The predicted molar refractivity (Wildman–Crippen MR) is 73.2 cm³/mol. The molecule has 0 amide bonds. The van der Waals surface area contributed by atoms with E-state index < -0.39 is 10.0 Å². The monoisotopic (exact) mass is 261 g/mol. The molecular formula is C14H15NO2S. The van der Waals surface area contributed by atoms with Crippen molar-refractivity contribution in [3.8, 4) is 0 Å². The Labute approximate surface area is 108 Å². The summed E-state index contributed by atoms with van der Waals surface area (Å²) in [5.41, 5.74) is 2.33. The molecule has 2 aromatic rings. The third kappa shape index (κ3) is 2.71. The summed E-state index contributed by atoms with van der Waals surface area (Å²) >= 11 is 0. The number of benzene rings is 2. The summed E-state index contributed by atoms with van der Waals surface area (Å²) in [7, 11) is -3.51. The average molecular weight is 261 g/mol. The minimum Gasteiger partial charge on any atom is -0.280 e. The molecule has 0 radical (unpaired) electrons. The highest BCUT2D eigenvalue weighted by Crippen LogP contribution is 2.19. The number of rotatable bonds is 3. The van der Waals surface area contributed by atoms with Gasteiger partial charge in [0.25, 0.3) is 10.0 Å². The second-order valence-electron chi connectivity index (χ2n) is 4.24. The van der Waals surface area contributed by atoms with Crippen LogP contribution in [0.4, 0.5) is 5.69 Å². The van der Waals surface area contributed by atoms with Crippen LogP contribution in [0.15, 0.2) is 53.4 Å². The molecule has 0 saturated heterocycles. The molecule has 0 aliphatic heterocycles. The van der Waals surface area contributed by atoms with E-state index in [-0.39, 0.29) is 0 Å². The summed E-state index contributed by atoms with van der Waals surface area (Å²) in [5.74, 6) is 0. The van der Waals surface area contributed by atoms with Gasteiger partial charge in [-0.05, 0) is 43.2 Å². The van der Waals surface area contributed by atoms with Crippen molar-refractivity contribution in [2.45, 2.75) is 18.7 Å². The van der Waals surface area contributed by atoms with E-state index in [0.29, 0.717) is 10.6 Å². The molecule has 0 fully saturated rings. The minimum atomic E-state index is -3.51. The summed E-state index contributed by atoms with van der Waals surface area (Å²) in [5, 5.41) is 0. The summed E-state index contributed by atoms with van der Waals surface area (Å²) < 4.78 is 27.0. The Balaban J connectivity index is 2.37. The number of aryl methyl sites for hydroxylation is 2. The Morgan fingerprint density at radius 1 is 0.944 bits per heavy atom. The van der Waals surface area contributed by atoms with Crippen molar-refractivity contribution >= 4 is 15.7 Å². The van der Waals surface area contributed by atoms with Gasteiger partial charge in [-0.15, -0.1) is 0 Å². The highest BCUT2D eigenvalue weighted by atomic mass is 32.2. The Kier molecular flexibility index (Phi) is 3.39.